The van der Waals surface area contributed by atoms with Crippen LogP contribution >= 0.6 is 45.3 Å². The summed E-state index contributed by atoms with van der Waals surface area (Å²) in [5.41, 5.74) is 17.2. The molecule has 108 heavy (non-hydrogen) atoms. The number of thiophene rings is 4. The van der Waals surface area contributed by atoms with Crippen LogP contribution in [0.5, 0.6) is 0 Å². The van der Waals surface area contributed by atoms with Crippen LogP contribution in [0.3, 0.4) is 0 Å². The summed E-state index contributed by atoms with van der Waals surface area (Å²) in [6.07, 6.45) is 0. The van der Waals surface area contributed by atoms with E-state index >= 15 is 0 Å². The van der Waals surface area contributed by atoms with Gasteiger partial charge in [0.15, 0.2) is 0 Å². The molecule has 0 amide bonds. The van der Waals surface area contributed by atoms with Crippen LogP contribution in [0.4, 0.5) is 0 Å². The summed E-state index contributed by atoms with van der Waals surface area (Å²) in [7, 11) is 0. The summed E-state index contributed by atoms with van der Waals surface area (Å²) >= 11 is 7.65. The zero-order chi connectivity index (χ0) is 70.4. The number of benzene rings is 20. The van der Waals surface area contributed by atoms with Crippen molar-refractivity contribution in [2.24, 2.45) is 0 Å². The third-order valence-corrected chi connectivity index (χ3v) is 28.1. The second kappa shape index (κ2) is 23.4. The minimum atomic E-state index is 1.18. The van der Waals surface area contributed by atoms with Crippen LogP contribution in [0.15, 0.2) is 352 Å². The fraction of sp³-hybridized carbons (Fsp3) is 0. The van der Waals surface area contributed by atoms with Crippen molar-refractivity contribution in [3.05, 3.63) is 352 Å². The summed E-state index contributed by atoms with van der Waals surface area (Å²) in [4.78, 5) is 0. The van der Waals surface area contributed by atoms with Crippen molar-refractivity contribution < 1.29 is 0 Å². The first-order valence-electron chi connectivity index (χ1n) is 37.1. The zero-order valence-electron chi connectivity index (χ0n) is 58.1. The summed E-state index contributed by atoms with van der Waals surface area (Å²) < 4.78 is 10.6. The Bertz CT molecular complexity index is 7950. The van der Waals surface area contributed by atoms with Crippen LogP contribution in [-0.2, 0) is 0 Å². The largest absolute Gasteiger partial charge is 0.135 e. The Morgan fingerprint density at radius 3 is 1.21 bits per heavy atom. The Hall–Kier alpha value is -12.6. The molecule has 0 atom stereocenters. The van der Waals surface area contributed by atoms with Gasteiger partial charge in [-0.3, -0.25) is 0 Å². The van der Waals surface area contributed by atoms with E-state index in [0.717, 1.165) is 0 Å². The van der Waals surface area contributed by atoms with Crippen LogP contribution in [0.2, 0.25) is 0 Å². The molecule has 0 bridgehead atoms. The number of fused-ring (bicyclic) bond motifs is 22. The summed E-state index contributed by atoms with van der Waals surface area (Å²) in [5, 5.41) is 30.6. The molecule has 24 aromatic rings. The van der Waals surface area contributed by atoms with Gasteiger partial charge < -0.3 is 0 Å². The predicted molar refractivity (Wildman–Crippen MR) is 476 cm³/mol. The normalized spacial score (nSPS) is 12.3. The smallest absolute Gasteiger partial charge is 0.0434 e. The zero-order valence-corrected chi connectivity index (χ0v) is 61.4. The van der Waals surface area contributed by atoms with Gasteiger partial charge in [0.05, 0.1) is 0 Å². The molecule has 0 spiro atoms. The Balaban J connectivity index is 0.676. The van der Waals surface area contributed by atoms with Crippen LogP contribution in [-0.4, -0.2) is 0 Å². The van der Waals surface area contributed by atoms with Crippen molar-refractivity contribution >= 4 is 212 Å². The summed E-state index contributed by atoms with van der Waals surface area (Å²) in [6, 6.07) is 134. The maximum atomic E-state index is 2.52. The van der Waals surface area contributed by atoms with Crippen LogP contribution in [0.1, 0.15) is 0 Å². The molecule has 0 nitrogen and oxygen atoms in total. The van der Waals surface area contributed by atoms with E-state index in [0.29, 0.717) is 0 Å². The van der Waals surface area contributed by atoms with Crippen molar-refractivity contribution in [2.75, 3.05) is 0 Å². The van der Waals surface area contributed by atoms with Crippen molar-refractivity contribution in [3.8, 4) is 77.9 Å². The third-order valence-electron chi connectivity index (χ3n) is 23.4. The lowest BCUT2D eigenvalue weighted by Gasteiger charge is -2.20. The first kappa shape index (κ1) is 60.6. The molecule has 0 saturated carbocycles. The highest BCUT2D eigenvalue weighted by atomic mass is 32.1. The lowest BCUT2D eigenvalue weighted by atomic mass is 9.83. The highest BCUT2D eigenvalue weighted by molar-refractivity contribution is 7.28. The second-order valence-corrected chi connectivity index (χ2v) is 33.4. The molecule has 4 aromatic heterocycles. The van der Waals surface area contributed by atoms with Gasteiger partial charge in [-0.1, -0.05) is 273 Å². The average molecular weight is 1440 g/mol. The average Bonchev–Trinajstić information content (AvgIpc) is 0.992. The summed E-state index contributed by atoms with van der Waals surface area (Å²) in [6.45, 7) is 0. The Morgan fingerprint density at radius 1 is 0.139 bits per heavy atom. The van der Waals surface area contributed by atoms with Crippen molar-refractivity contribution in [1.82, 2.24) is 0 Å². The van der Waals surface area contributed by atoms with Gasteiger partial charge in [-0.15, -0.1) is 45.3 Å². The SMILES string of the molecule is c1cc(-c2cc(-c3cccc4c(-c5c6ccccc6c(-c6cccc(-c7ccc8sc9cc%10c(ccc%11sc%12ccccc%12c%11%10)cc9c8c7)c6)c6ccccc56)cccc34)c3sc4cc5c(ccc6c7ccccc7sc56)cc4c3c2)cc(-c2c3ccccc3c(-c3cccc4ccccc34)c3ccccc23)c1. The van der Waals surface area contributed by atoms with E-state index < -0.39 is 0 Å². The van der Waals surface area contributed by atoms with Crippen molar-refractivity contribution in [2.45, 2.75) is 0 Å². The molecule has 0 saturated heterocycles. The van der Waals surface area contributed by atoms with Gasteiger partial charge in [0, 0.05) is 91.6 Å². The molecule has 0 fully saturated rings. The molecular formula is C104H58S4. The fourth-order valence-corrected chi connectivity index (χ4v) is 23.3. The predicted octanol–water partition coefficient (Wildman–Crippen LogP) is 32.1. The van der Waals surface area contributed by atoms with Gasteiger partial charge in [-0.05, 0) is 232 Å². The van der Waals surface area contributed by atoms with Crippen molar-refractivity contribution in [3.63, 3.8) is 0 Å². The van der Waals surface area contributed by atoms with Gasteiger partial charge in [-0.25, -0.2) is 0 Å². The second-order valence-electron chi connectivity index (χ2n) is 29.1. The molecule has 4 heteroatoms. The molecule has 20 aromatic carbocycles. The Kier molecular flexibility index (Phi) is 13.1. The molecule has 498 valence electrons. The monoisotopic (exact) mass is 1430 g/mol. The lowest BCUT2D eigenvalue weighted by molar-refractivity contribution is 1.63. The number of hydrogen-bond acceptors (Lipinski definition) is 4. The maximum Gasteiger partial charge on any atom is 0.0434 e. The highest BCUT2D eigenvalue weighted by Gasteiger charge is 2.25. The van der Waals surface area contributed by atoms with Gasteiger partial charge in [0.2, 0.25) is 0 Å². The van der Waals surface area contributed by atoms with Crippen LogP contribution < -0.4 is 0 Å². The van der Waals surface area contributed by atoms with E-state index in [4.69, 9.17) is 0 Å². The van der Waals surface area contributed by atoms with Gasteiger partial charge in [0.1, 0.15) is 0 Å². The molecule has 0 aliphatic heterocycles. The number of rotatable bonds is 7. The van der Waals surface area contributed by atoms with Gasteiger partial charge >= 0.3 is 0 Å². The standard InChI is InChI=1S/C104H58S4/c1-2-26-68-59(20-1)21-17-40-73(68)100-79-32-7-3-28-75(79)99(76-29-4-8-33-80(76)100)66-25-16-23-61(51-66)67-55-90(104-91(56-67)89-54-64-44-47-83-72-27-11-13-42-92(72)107-103(83)86(64)58-97(89)108-104)71-39-18-38-70-69(71)37-19-41-74(70)101-81-34-9-5-30-77(81)98(78-31-6-10-35-82(78)101)65-24-15-22-60(50-65)62-45-48-94-87(52-62)88-53-63-46-49-95-102(85(63)57-96(88)106-94)84-36-12-14-43-93(84)105-95/h1-58H. The van der Waals surface area contributed by atoms with E-state index in [1.54, 1.807) is 0 Å². The van der Waals surface area contributed by atoms with Crippen LogP contribution in [0, 0.1) is 0 Å². The Labute approximate surface area is 636 Å². The minimum Gasteiger partial charge on any atom is -0.135 e. The van der Waals surface area contributed by atoms with E-state index in [1.165, 1.54) is 245 Å². The molecule has 0 aliphatic carbocycles. The van der Waals surface area contributed by atoms with E-state index in [2.05, 4.69) is 352 Å². The molecule has 4 heterocycles. The molecule has 0 radical (unpaired) electrons. The lowest BCUT2D eigenvalue weighted by Crippen LogP contribution is -1.93. The Morgan fingerprint density at radius 2 is 0.546 bits per heavy atom. The van der Waals surface area contributed by atoms with Crippen LogP contribution in [0.25, 0.3) is 245 Å². The molecule has 24 rings (SSSR count). The highest BCUT2D eigenvalue weighted by Crippen LogP contribution is 2.53. The molecule has 0 N–H and O–H groups in total. The van der Waals surface area contributed by atoms with E-state index in [-0.39, 0.29) is 0 Å². The van der Waals surface area contributed by atoms with Crippen molar-refractivity contribution in [1.29, 1.82) is 0 Å². The van der Waals surface area contributed by atoms with Gasteiger partial charge in [-0.2, -0.15) is 0 Å². The third kappa shape index (κ3) is 9.01. The van der Waals surface area contributed by atoms with E-state index in [9.17, 15) is 0 Å². The number of hydrogen-bond donors (Lipinski definition) is 0. The minimum absolute atomic E-state index is 1.18. The molecule has 0 aliphatic rings. The summed E-state index contributed by atoms with van der Waals surface area (Å²) in [5.74, 6) is 0. The maximum absolute atomic E-state index is 2.52. The van der Waals surface area contributed by atoms with E-state index in [1.807, 2.05) is 45.3 Å². The first-order valence-corrected chi connectivity index (χ1v) is 40.3. The molecular weight excluding hydrogens is 1380 g/mol. The van der Waals surface area contributed by atoms with Gasteiger partial charge in [0.25, 0.3) is 0 Å². The quantitative estimate of drug-likeness (QED) is 0.140. The first-order chi connectivity index (χ1) is 53.5. The fourth-order valence-electron chi connectivity index (χ4n) is 18.6. The topological polar surface area (TPSA) is 0 Å². The molecule has 0 unspecified atom stereocenters.